The lowest BCUT2D eigenvalue weighted by Gasteiger charge is -2.28. The highest BCUT2D eigenvalue weighted by Gasteiger charge is 2.51. The van der Waals surface area contributed by atoms with E-state index in [-0.39, 0.29) is 0 Å². The van der Waals surface area contributed by atoms with Gasteiger partial charge in [0.1, 0.15) is 0 Å². The van der Waals surface area contributed by atoms with E-state index in [0.717, 1.165) is 17.8 Å². The van der Waals surface area contributed by atoms with Crippen LogP contribution in [0, 0.1) is 23.2 Å². The van der Waals surface area contributed by atoms with Gasteiger partial charge < -0.3 is 0 Å². The Balaban J connectivity index is 2.05. The molecule has 0 radical (unpaired) electrons. The summed E-state index contributed by atoms with van der Waals surface area (Å²) in [4.78, 5) is 0. The third-order valence-corrected chi connectivity index (χ3v) is 3.45. The smallest absolute Gasteiger partial charge is 0.0334 e. The number of hydrogen-bond acceptors (Lipinski definition) is 0. The predicted octanol–water partition coefficient (Wildman–Crippen LogP) is 3.08. The molecule has 3 atom stereocenters. The fourth-order valence-corrected chi connectivity index (χ4v) is 2.78. The van der Waals surface area contributed by atoms with Gasteiger partial charge in [-0.2, -0.15) is 0 Å². The fraction of sp³-hybridized carbons (Fsp3) is 1.00. The highest BCUT2D eigenvalue weighted by atomic mass is 14.6. The zero-order valence-corrected chi connectivity index (χ0v) is 7.35. The van der Waals surface area contributed by atoms with Crippen molar-refractivity contribution in [3.05, 3.63) is 0 Å². The summed E-state index contributed by atoms with van der Waals surface area (Å²) in [6.45, 7) is 7.20. The summed E-state index contributed by atoms with van der Waals surface area (Å²) in [5.41, 5.74) is 0.593. The molecule has 58 valence electrons. The number of hydrogen-bond donors (Lipinski definition) is 0. The second kappa shape index (κ2) is 1.78. The summed E-state index contributed by atoms with van der Waals surface area (Å²) in [6.07, 6.45) is 4.60. The van der Waals surface area contributed by atoms with Crippen LogP contribution in [0.2, 0.25) is 0 Å². The van der Waals surface area contributed by atoms with Crippen molar-refractivity contribution in [2.45, 2.75) is 40.0 Å². The Morgan fingerprint density at radius 2 is 1.80 bits per heavy atom. The van der Waals surface area contributed by atoms with Gasteiger partial charge in [-0.15, -0.1) is 0 Å². The average molecular weight is 138 g/mol. The second-order valence-electron chi connectivity index (χ2n) is 5.21. The lowest BCUT2D eigenvalue weighted by atomic mass is 9.78. The van der Waals surface area contributed by atoms with E-state index in [2.05, 4.69) is 20.8 Å². The van der Waals surface area contributed by atoms with Gasteiger partial charge in [0, 0.05) is 0 Å². The van der Waals surface area contributed by atoms with Gasteiger partial charge in [-0.1, -0.05) is 20.8 Å². The summed E-state index contributed by atoms with van der Waals surface area (Å²) in [5, 5.41) is 0. The molecule has 0 heterocycles. The first-order valence-electron chi connectivity index (χ1n) is 4.59. The maximum Gasteiger partial charge on any atom is -0.0334 e. The van der Waals surface area contributed by atoms with Gasteiger partial charge in [-0.25, -0.2) is 0 Å². The van der Waals surface area contributed by atoms with Crippen LogP contribution in [0.25, 0.3) is 0 Å². The van der Waals surface area contributed by atoms with E-state index in [4.69, 9.17) is 0 Å². The summed E-state index contributed by atoms with van der Waals surface area (Å²) in [7, 11) is 0. The van der Waals surface area contributed by atoms with Gasteiger partial charge >= 0.3 is 0 Å². The minimum atomic E-state index is 0.593. The van der Waals surface area contributed by atoms with E-state index in [1.165, 1.54) is 12.8 Å². The van der Waals surface area contributed by atoms with Crippen LogP contribution in [-0.4, -0.2) is 0 Å². The van der Waals surface area contributed by atoms with Crippen molar-refractivity contribution in [2.24, 2.45) is 23.2 Å². The fourth-order valence-electron chi connectivity index (χ4n) is 2.78. The number of rotatable bonds is 0. The molecule has 10 heavy (non-hydrogen) atoms. The van der Waals surface area contributed by atoms with Crippen molar-refractivity contribution < 1.29 is 0 Å². The van der Waals surface area contributed by atoms with Gasteiger partial charge in [0.2, 0.25) is 0 Å². The molecule has 2 aliphatic carbocycles. The minimum absolute atomic E-state index is 0.593. The lowest BCUT2D eigenvalue weighted by molar-refractivity contribution is 0.218. The molecule has 0 amide bonds. The molecule has 0 aromatic carbocycles. The topological polar surface area (TPSA) is 0 Å². The van der Waals surface area contributed by atoms with Crippen molar-refractivity contribution in [1.29, 1.82) is 0 Å². The molecular weight excluding hydrogens is 120 g/mol. The molecule has 2 rings (SSSR count). The van der Waals surface area contributed by atoms with Gasteiger partial charge in [0.25, 0.3) is 0 Å². The Labute approximate surface area is 64.0 Å². The molecular formula is C10H18. The van der Waals surface area contributed by atoms with Crippen LogP contribution in [-0.2, 0) is 0 Å². The standard InChI is InChI=1S/C10H18/c1-10(2,3)9-5-4-7-6-8(7)9/h7-9H,4-6H2,1-3H3. The maximum atomic E-state index is 2.40. The van der Waals surface area contributed by atoms with E-state index >= 15 is 0 Å². The Morgan fingerprint density at radius 1 is 1.10 bits per heavy atom. The Morgan fingerprint density at radius 3 is 2.00 bits per heavy atom. The summed E-state index contributed by atoms with van der Waals surface area (Å²) < 4.78 is 0. The van der Waals surface area contributed by atoms with Gasteiger partial charge in [0.05, 0.1) is 0 Å². The molecule has 0 aromatic heterocycles. The van der Waals surface area contributed by atoms with E-state index in [1.54, 1.807) is 6.42 Å². The van der Waals surface area contributed by atoms with Gasteiger partial charge in [-0.05, 0) is 42.4 Å². The first-order chi connectivity index (χ1) is 4.59. The molecule has 0 aromatic rings. The highest BCUT2D eigenvalue weighted by molar-refractivity contribution is 5.00. The quantitative estimate of drug-likeness (QED) is 0.482. The SMILES string of the molecule is CC(C)(C)C1CCC2CC21. The molecule has 0 N–H and O–H groups in total. The largest absolute Gasteiger partial charge is 0.0599 e. The van der Waals surface area contributed by atoms with Crippen molar-refractivity contribution in [1.82, 2.24) is 0 Å². The lowest BCUT2D eigenvalue weighted by Crippen LogP contribution is -2.19. The van der Waals surface area contributed by atoms with Gasteiger partial charge in [-0.3, -0.25) is 0 Å². The molecule has 2 saturated carbocycles. The molecule has 0 bridgehead atoms. The van der Waals surface area contributed by atoms with Gasteiger partial charge in [0.15, 0.2) is 0 Å². The van der Waals surface area contributed by atoms with Crippen LogP contribution in [0.15, 0.2) is 0 Å². The van der Waals surface area contributed by atoms with Crippen LogP contribution >= 0.6 is 0 Å². The zero-order chi connectivity index (χ0) is 7.35. The van der Waals surface area contributed by atoms with Crippen LogP contribution < -0.4 is 0 Å². The zero-order valence-electron chi connectivity index (χ0n) is 7.35. The van der Waals surface area contributed by atoms with Crippen LogP contribution in [0.4, 0.5) is 0 Å². The van der Waals surface area contributed by atoms with E-state index in [1.807, 2.05) is 0 Å². The van der Waals surface area contributed by atoms with E-state index in [9.17, 15) is 0 Å². The molecule has 2 aliphatic rings. The molecule has 0 aliphatic heterocycles. The van der Waals surface area contributed by atoms with Crippen molar-refractivity contribution >= 4 is 0 Å². The monoisotopic (exact) mass is 138 g/mol. The normalized spacial score (nSPS) is 45.3. The Kier molecular flexibility index (Phi) is 1.19. The maximum absolute atomic E-state index is 2.40. The molecule has 0 saturated heterocycles. The highest BCUT2D eigenvalue weighted by Crippen LogP contribution is 2.60. The average Bonchev–Trinajstić information content (AvgIpc) is 2.40. The van der Waals surface area contributed by atoms with Crippen molar-refractivity contribution in [2.75, 3.05) is 0 Å². The van der Waals surface area contributed by atoms with Crippen LogP contribution in [0.1, 0.15) is 40.0 Å². The molecule has 0 spiro atoms. The molecule has 3 unspecified atom stereocenters. The van der Waals surface area contributed by atoms with Crippen LogP contribution in [0.5, 0.6) is 0 Å². The molecule has 2 fully saturated rings. The van der Waals surface area contributed by atoms with E-state index < -0.39 is 0 Å². The molecule has 0 nitrogen and oxygen atoms in total. The van der Waals surface area contributed by atoms with E-state index in [0.29, 0.717) is 5.41 Å². The number of fused-ring (bicyclic) bond motifs is 1. The minimum Gasteiger partial charge on any atom is -0.0599 e. The third-order valence-electron chi connectivity index (χ3n) is 3.45. The first-order valence-corrected chi connectivity index (χ1v) is 4.59. The molecule has 0 heteroatoms. The Hall–Kier alpha value is 0. The predicted molar refractivity (Wildman–Crippen MR) is 43.8 cm³/mol. The summed E-state index contributed by atoms with van der Waals surface area (Å²) in [6, 6.07) is 0. The summed E-state index contributed by atoms with van der Waals surface area (Å²) >= 11 is 0. The third kappa shape index (κ3) is 0.889. The summed E-state index contributed by atoms with van der Waals surface area (Å²) in [5.74, 6) is 3.35. The van der Waals surface area contributed by atoms with Crippen molar-refractivity contribution in [3.63, 3.8) is 0 Å². The van der Waals surface area contributed by atoms with Crippen molar-refractivity contribution in [3.8, 4) is 0 Å². The first kappa shape index (κ1) is 6.69. The Bertz CT molecular complexity index is 141. The van der Waals surface area contributed by atoms with Crippen LogP contribution in [0.3, 0.4) is 0 Å². The second-order valence-corrected chi connectivity index (χ2v) is 5.21.